The highest BCUT2D eigenvalue weighted by atomic mass is 35.5. The zero-order chi connectivity index (χ0) is 14.3. The summed E-state index contributed by atoms with van der Waals surface area (Å²) in [5.74, 6) is 0.231. The number of piperazine rings is 1. The van der Waals surface area contributed by atoms with E-state index in [4.69, 9.17) is 11.6 Å². The Hall–Kier alpha value is -1.46. The van der Waals surface area contributed by atoms with Crippen LogP contribution in [0, 0.1) is 12.7 Å². The second-order valence-corrected chi connectivity index (χ2v) is 5.60. The molecule has 0 radical (unpaired) electrons. The SMILES string of the molecule is Cc1cc(F)c2nc(N3CCN(C)CC3)c(Cl)nc2c1. The molecule has 0 aliphatic carbocycles. The van der Waals surface area contributed by atoms with Gasteiger partial charge in [-0.2, -0.15) is 0 Å². The Morgan fingerprint density at radius 1 is 1.15 bits per heavy atom. The Morgan fingerprint density at radius 2 is 1.85 bits per heavy atom. The van der Waals surface area contributed by atoms with E-state index < -0.39 is 0 Å². The van der Waals surface area contributed by atoms with Crippen LogP contribution in [-0.4, -0.2) is 48.1 Å². The molecule has 20 heavy (non-hydrogen) atoms. The molecule has 6 heteroatoms. The number of hydrogen-bond acceptors (Lipinski definition) is 4. The minimum Gasteiger partial charge on any atom is -0.351 e. The summed E-state index contributed by atoms with van der Waals surface area (Å²) in [6.45, 7) is 5.35. The average molecular weight is 295 g/mol. The lowest BCUT2D eigenvalue weighted by molar-refractivity contribution is 0.312. The van der Waals surface area contributed by atoms with E-state index in [0.29, 0.717) is 16.5 Å². The van der Waals surface area contributed by atoms with Gasteiger partial charge in [-0.3, -0.25) is 0 Å². The van der Waals surface area contributed by atoms with Crippen LogP contribution in [0.3, 0.4) is 0 Å². The van der Waals surface area contributed by atoms with Gasteiger partial charge in [0.2, 0.25) is 0 Å². The van der Waals surface area contributed by atoms with Crippen LogP contribution in [0.15, 0.2) is 12.1 Å². The summed E-state index contributed by atoms with van der Waals surface area (Å²) >= 11 is 6.23. The highest BCUT2D eigenvalue weighted by Gasteiger charge is 2.20. The molecule has 4 nitrogen and oxygen atoms in total. The van der Waals surface area contributed by atoms with Crippen LogP contribution >= 0.6 is 11.6 Å². The summed E-state index contributed by atoms with van der Waals surface area (Å²) < 4.78 is 14.0. The number of fused-ring (bicyclic) bond motifs is 1. The predicted octanol–water partition coefficient (Wildman–Crippen LogP) is 2.48. The maximum absolute atomic E-state index is 14.0. The largest absolute Gasteiger partial charge is 0.351 e. The molecule has 1 aliphatic rings. The number of aromatic nitrogens is 2. The highest BCUT2D eigenvalue weighted by molar-refractivity contribution is 6.32. The van der Waals surface area contributed by atoms with Crippen LogP contribution < -0.4 is 4.90 Å². The number of anilines is 1. The molecule has 1 saturated heterocycles. The summed E-state index contributed by atoms with van der Waals surface area (Å²) in [5, 5.41) is 0.340. The number of likely N-dealkylation sites (N-methyl/N-ethyl adjacent to an activating group) is 1. The monoisotopic (exact) mass is 294 g/mol. The molecule has 1 aromatic carbocycles. The van der Waals surface area contributed by atoms with E-state index in [-0.39, 0.29) is 11.3 Å². The molecular formula is C14H16ClFN4. The van der Waals surface area contributed by atoms with Crippen molar-refractivity contribution in [3.05, 3.63) is 28.7 Å². The van der Waals surface area contributed by atoms with Crippen molar-refractivity contribution in [3.8, 4) is 0 Å². The van der Waals surface area contributed by atoms with E-state index in [9.17, 15) is 4.39 Å². The lowest BCUT2D eigenvalue weighted by atomic mass is 10.2. The van der Waals surface area contributed by atoms with Gasteiger partial charge in [-0.25, -0.2) is 14.4 Å². The summed E-state index contributed by atoms with van der Waals surface area (Å²) in [4.78, 5) is 13.0. The number of hydrogen-bond donors (Lipinski definition) is 0. The van der Waals surface area contributed by atoms with E-state index in [1.165, 1.54) is 6.07 Å². The standard InChI is InChI=1S/C14H16ClFN4/c1-9-7-10(16)12-11(8-9)17-13(15)14(18-12)20-5-3-19(2)4-6-20/h7-8H,3-6H2,1-2H3. The van der Waals surface area contributed by atoms with Crippen LogP contribution in [0.2, 0.25) is 5.15 Å². The van der Waals surface area contributed by atoms with E-state index in [0.717, 1.165) is 31.7 Å². The summed E-state index contributed by atoms with van der Waals surface area (Å²) in [6.07, 6.45) is 0. The lowest BCUT2D eigenvalue weighted by Crippen LogP contribution is -2.45. The quantitative estimate of drug-likeness (QED) is 0.809. The van der Waals surface area contributed by atoms with Gasteiger partial charge in [0.05, 0.1) is 5.52 Å². The van der Waals surface area contributed by atoms with Gasteiger partial charge in [0.1, 0.15) is 5.52 Å². The van der Waals surface area contributed by atoms with Crippen molar-refractivity contribution in [1.29, 1.82) is 0 Å². The van der Waals surface area contributed by atoms with Crippen LogP contribution in [0.4, 0.5) is 10.2 Å². The van der Waals surface area contributed by atoms with Crippen molar-refractivity contribution in [2.24, 2.45) is 0 Å². The second-order valence-electron chi connectivity index (χ2n) is 5.24. The molecule has 0 bridgehead atoms. The predicted molar refractivity (Wildman–Crippen MR) is 79.0 cm³/mol. The molecule has 0 amide bonds. The zero-order valence-electron chi connectivity index (χ0n) is 11.5. The van der Waals surface area contributed by atoms with Crippen molar-refractivity contribution >= 4 is 28.5 Å². The first-order valence-corrected chi connectivity index (χ1v) is 6.99. The van der Waals surface area contributed by atoms with Crippen LogP contribution in [0.1, 0.15) is 5.56 Å². The van der Waals surface area contributed by atoms with Gasteiger partial charge in [-0.1, -0.05) is 11.6 Å². The first-order chi connectivity index (χ1) is 9.54. The molecular weight excluding hydrogens is 279 g/mol. The van der Waals surface area contributed by atoms with Gasteiger partial charge >= 0.3 is 0 Å². The van der Waals surface area contributed by atoms with Gasteiger partial charge in [-0.15, -0.1) is 0 Å². The first kappa shape index (κ1) is 13.5. The molecule has 2 heterocycles. The maximum Gasteiger partial charge on any atom is 0.172 e. The third-order valence-corrected chi connectivity index (χ3v) is 3.86. The number of benzene rings is 1. The molecule has 1 aliphatic heterocycles. The molecule has 0 atom stereocenters. The molecule has 3 rings (SSSR count). The van der Waals surface area contributed by atoms with E-state index in [1.807, 2.05) is 6.92 Å². The molecule has 2 aromatic rings. The van der Waals surface area contributed by atoms with E-state index in [2.05, 4.69) is 26.8 Å². The van der Waals surface area contributed by atoms with Crippen molar-refractivity contribution in [2.45, 2.75) is 6.92 Å². The van der Waals surface area contributed by atoms with Crippen molar-refractivity contribution < 1.29 is 4.39 Å². The van der Waals surface area contributed by atoms with Gasteiger partial charge in [0.25, 0.3) is 0 Å². The Morgan fingerprint density at radius 3 is 2.55 bits per heavy atom. The fourth-order valence-electron chi connectivity index (χ4n) is 2.44. The smallest absolute Gasteiger partial charge is 0.172 e. The van der Waals surface area contributed by atoms with Crippen molar-refractivity contribution in [1.82, 2.24) is 14.9 Å². The summed E-state index contributed by atoms with van der Waals surface area (Å²) in [7, 11) is 2.08. The second kappa shape index (κ2) is 5.14. The third kappa shape index (κ3) is 2.43. The van der Waals surface area contributed by atoms with E-state index in [1.54, 1.807) is 6.07 Å². The fraction of sp³-hybridized carbons (Fsp3) is 0.429. The fourth-order valence-corrected chi connectivity index (χ4v) is 2.69. The molecule has 0 saturated carbocycles. The summed E-state index contributed by atoms with van der Waals surface area (Å²) in [6, 6.07) is 3.27. The Kier molecular flexibility index (Phi) is 3.48. The van der Waals surface area contributed by atoms with Gasteiger partial charge in [0.15, 0.2) is 16.8 Å². The van der Waals surface area contributed by atoms with E-state index >= 15 is 0 Å². The molecule has 0 unspecified atom stereocenters. The third-order valence-electron chi connectivity index (χ3n) is 3.61. The minimum atomic E-state index is -0.348. The van der Waals surface area contributed by atoms with Gasteiger partial charge < -0.3 is 9.80 Å². The number of halogens is 2. The summed E-state index contributed by atoms with van der Waals surface area (Å²) in [5.41, 5.74) is 1.60. The zero-order valence-corrected chi connectivity index (χ0v) is 12.3. The van der Waals surface area contributed by atoms with Gasteiger partial charge in [-0.05, 0) is 31.7 Å². The Balaban J connectivity index is 2.05. The maximum atomic E-state index is 14.0. The van der Waals surface area contributed by atoms with Gasteiger partial charge in [0, 0.05) is 26.2 Å². The number of nitrogens with zero attached hydrogens (tertiary/aromatic N) is 4. The van der Waals surface area contributed by atoms with Crippen LogP contribution in [0.5, 0.6) is 0 Å². The van der Waals surface area contributed by atoms with Crippen LogP contribution in [0.25, 0.3) is 11.0 Å². The highest BCUT2D eigenvalue weighted by Crippen LogP contribution is 2.27. The molecule has 0 spiro atoms. The van der Waals surface area contributed by atoms with Crippen LogP contribution in [-0.2, 0) is 0 Å². The Labute approximate surface area is 122 Å². The number of rotatable bonds is 1. The molecule has 106 valence electrons. The minimum absolute atomic E-state index is 0.286. The normalized spacial score (nSPS) is 16.9. The topological polar surface area (TPSA) is 32.3 Å². The lowest BCUT2D eigenvalue weighted by Gasteiger charge is -2.33. The Bertz CT molecular complexity index is 653. The molecule has 1 fully saturated rings. The molecule has 0 N–H and O–H groups in total. The number of aryl methyl sites for hydroxylation is 1. The first-order valence-electron chi connectivity index (χ1n) is 6.61. The van der Waals surface area contributed by atoms with Crippen molar-refractivity contribution in [3.63, 3.8) is 0 Å². The van der Waals surface area contributed by atoms with Crippen molar-refractivity contribution in [2.75, 3.05) is 38.1 Å². The average Bonchev–Trinajstić information content (AvgIpc) is 2.39. The molecule has 1 aromatic heterocycles.